The van der Waals surface area contributed by atoms with E-state index in [9.17, 15) is 0 Å². The van der Waals surface area contributed by atoms with Crippen LogP contribution in [0.1, 0.15) is 43.5 Å². The molecule has 0 radical (unpaired) electrons. The van der Waals surface area contributed by atoms with Crippen molar-refractivity contribution >= 4 is 0 Å². The maximum atomic E-state index is 5.80. The molecule has 2 rings (SSSR count). The van der Waals surface area contributed by atoms with E-state index in [0.29, 0.717) is 0 Å². The first-order chi connectivity index (χ1) is 9.71. The number of aromatic nitrogens is 2. The van der Waals surface area contributed by atoms with Crippen molar-refractivity contribution in [2.45, 2.75) is 39.8 Å². The average molecular weight is 277 g/mol. The van der Waals surface area contributed by atoms with Gasteiger partial charge in [0.15, 0.2) is 5.75 Å². The molecule has 2 heterocycles. The largest absolute Gasteiger partial charge is 0.493 e. The second kappa shape index (κ2) is 6.61. The Hall–Kier alpha value is -1.75. The summed E-state index contributed by atoms with van der Waals surface area (Å²) in [5.41, 5.74) is 1.02. The van der Waals surface area contributed by atoms with Crippen molar-refractivity contribution in [2.24, 2.45) is 0 Å². The summed E-state index contributed by atoms with van der Waals surface area (Å²) < 4.78 is 13.2. The van der Waals surface area contributed by atoms with Crippen LogP contribution in [0.3, 0.4) is 0 Å². The summed E-state index contributed by atoms with van der Waals surface area (Å²) in [4.78, 5) is 0. The Morgan fingerprint density at radius 1 is 1.40 bits per heavy atom. The zero-order valence-corrected chi connectivity index (χ0v) is 12.6. The molecular formula is C15H23N3O2. The molecule has 0 amide bonds. The van der Waals surface area contributed by atoms with E-state index in [1.807, 2.05) is 23.7 Å². The highest BCUT2D eigenvalue weighted by atomic mass is 16.5. The summed E-state index contributed by atoms with van der Waals surface area (Å²) >= 11 is 0. The monoisotopic (exact) mass is 277 g/mol. The molecule has 0 aliphatic rings. The predicted molar refractivity (Wildman–Crippen MR) is 78.0 cm³/mol. The maximum absolute atomic E-state index is 5.80. The van der Waals surface area contributed by atoms with E-state index < -0.39 is 0 Å². The molecular weight excluding hydrogens is 254 g/mol. The molecule has 0 spiro atoms. The normalized spacial score (nSPS) is 12.6. The Kier molecular flexibility index (Phi) is 4.84. The molecule has 0 fully saturated rings. The first-order valence-corrected chi connectivity index (χ1v) is 7.10. The van der Waals surface area contributed by atoms with Crippen molar-refractivity contribution in [1.29, 1.82) is 0 Å². The molecule has 0 saturated heterocycles. The van der Waals surface area contributed by atoms with Crippen LogP contribution in [0.25, 0.3) is 0 Å². The molecule has 1 unspecified atom stereocenters. The summed E-state index contributed by atoms with van der Waals surface area (Å²) in [7, 11) is 1.67. The molecule has 5 nitrogen and oxygen atoms in total. The highest BCUT2D eigenvalue weighted by Crippen LogP contribution is 2.31. The number of methoxy groups -OCH3 is 1. The van der Waals surface area contributed by atoms with Crippen molar-refractivity contribution in [3.8, 4) is 5.75 Å². The molecule has 110 valence electrons. The van der Waals surface area contributed by atoms with E-state index in [1.165, 1.54) is 0 Å². The number of nitrogens with one attached hydrogen (secondary N) is 1. The van der Waals surface area contributed by atoms with Gasteiger partial charge in [0.05, 0.1) is 13.3 Å². The van der Waals surface area contributed by atoms with Gasteiger partial charge in [-0.2, -0.15) is 5.10 Å². The number of hydrogen-bond acceptors (Lipinski definition) is 4. The van der Waals surface area contributed by atoms with E-state index in [-0.39, 0.29) is 6.04 Å². The van der Waals surface area contributed by atoms with Gasteiger partial charge in [-0.05, 0) is 32.0 Å². The zero-order chi connectivity index (χ0) is 14.5. The van der Waals surface area contributed by atoms with Gasteiger partial charge in [-0.25, -0.2) is 0 Å². The van der Waals surface area contributed by atoms with Crippen molar-refractivity contribution in [3.05, 3.63) is 35.5 Å². The summed E-state index contributed by atoms with van der Waals surface area (Å²) in [5.74, 6) is 2.59. The Morgan fingerprint density at radius 3 is 2.75 bits per heavy atom. The standard InChI is InChI=1S/C15H23N3O2/c1-5-9-18-15(13(19-4)10-17-18)14(16-6-2)12-8-7-11(3)20-12/h7-8,10,14,16H,5-6,9H2,1-4H3. The zero-order valence-electron chi connectivity index (χ0n) is 12.6. The first-order valence-electron chi connectivity index (χ1n) is 7.10. The van der Waals surface area contributed by atoms with Gasteiger partial charge in [0, 0.05) is 6.54 Å². The van der Waals surface area contributed by atoms with Crippen LogP contribution in [0.15, 0.2) is 22.7 Å². The van der Waals surface area contributed by atoms with Crippen molar-refractivity contribution in [3.63, 3.8) is 0 Å². The number of nitrogens with zero attached hydrogens (tertiary/aromatic N) is 2. The van der Waals surface area contributed by atoms with Gasteiger partial charge in [-0.1, -0.05) is 13.8 Å². The number of hydrogen-bond donors (Lipinski definition) is 1. The summed E-state index contributed by atoms with van der Waals surface area (Å²) in [6.45, 7) is 7.87. The summed E-state index contributed by atoms with van der Waals surface area (Å²) in [6, 6.07) is 3.94. The molecule has 20 heavy (non-hydrogen) atoms. The van der Waals surface area contributed by atoms with Gasteiger partial charge in [0.2, 0.25) is 0 Å². The fourth-order valence-electron chi connectivity index (χ4n) is 2.36. The van der Waals surface area contributed by atoms with Gasteiger partial charge >= 0.3 is 0 Å². The Balaban J connectivity index is 2.44. The van der Waals surface area contributed by atoms with Gasteiger partial charge in [-0.3, -0.25) is 4.68 Å². The lowest BCUT2D eigenvalue weighted by atomic mass is 10.1. The topological polar surface area (TPSA) is 52.2 Å². The van der Waals surface area contributed by atoms with Crippen molar-refractivity contribution in [1.82, 2.24) is 15.1 Å². The van der Waals surface area contributed by atoms with Gasteiger partial charge in [0.1, 0.15) is 23.3 Å². The van der Waals surface area contributed by atoms with Gasteiger partial charge in [-0.15, -0.1) is 0 Å². The second-order valence-corrected chi connectivity index (χ2v) is 4.76. The molecule has 2 aromatic rings. The fourth-order valence-corrected chi connectivity index (χ4v) is 2.36. The molecule has 0 aromatic carbocycles. The third-order valence-electron chi connectivity index (χ3n) is 3.23. The lowest BCUT2D eigenvalue weighted by molar-refractivity contribution is 0.379. The number of ether oxygens (including phenoxy) is 1. The molecule has 0 bridgehead atoms. The average Bonchev–Trinajstić information content (AvgIpc) is 3.03. The predicted octanol–water partition coefficient (Wildman–Crippen LogP) is 2.90. The fraction of sp³-hybridized carbons (Fsp3) is 0.533. The smallest absolute Gasteiger partial charge is 0.162 e. The third kappa shape index (κ3) is 2.88. The first kappa shape index (κ1) is 14.7. The lowest BCUT2D eigenvalue weighted by Crippen LogP contribution is -2.25. The molecule has 1 atom stereocenters. The van der Waals surface area contributed by atoms with Crippen LogP contribution in [0, 0.1) is 6.92 Å². The molecule has 5 heteroatoms. The van der Waals surface area contributed by atoms with Gasteiger partial charge in [0.25, 0.3) is 0 Å². The van der Waals surface area contributed by atoms with Crippen LogP contribution in [0.5, 0.6) is 5.75 Å². The number of aryl methyl sites for hydroxylation is 2. The molecule has 1 N–H and O–H groups in total. The minimum absolute atomic E-state index is 0.0438. The van der Waals surface area contributed by atoms with Crippen LogP contribution < -0.4 is 10.1 Å². The van der Waals surface area contributed by atoms with E-state index >= 15 is 0 Å². The minimum atomic E-state index is -0.0438. The molecule has 2 aromatic heterocycles. The van der Waals surface area contributed by atoms with E-state index in [4.69, 9.17) is 9.15 Å². The van der Waals surface area contributed by atoms with E-state index in [1.54, 1.807) is 13.3 Å². The van der Waals surface area contributed by atoms with Crippen molar-refractivity contribution < 1.29 is 9.15 Å². The van der Waals surface area contributed by atoms with Crippen LogP contribution in [0.2, 0.25) is 0 Å². The van der Waals surface area contributed by atoms with E-state index in [0.717, 1.165) is 42.5 Å². The number of furan rings is 1. The Morgan fingerprint density at radius 2 is 2.20 bits per heavy atom. The molecule has 0 aliphatic carbocycles. The highest BCUT2D eigenvalue weighted by Gasteiger charge is 2.25. The number of rotatable bonds is 7. The summed E-state index contributed by atoms with van der Waals surface area (Å²) in [5, 5.41) is 7.88. The van der Waals surface area contributed by atoms with Crippen LogP contribution in [-0.4, -0.2) is 23.4 Å². The lowest BCUT2D eigenvalue weighted by Gasteiger charge is -2.18. The Bertz CT molecular complexity index is 545. The second-order valence-electron chi connectivity index (χ2n) is 4.76. The quantitative estimate of drug-likeness (QED) is 0.845. The molecule has 0 saturated carbocycles. The van der Waals surface area contributed by atoms with Crippen molar-refractivity contribution in [2.75, 3.05) is 13.7 Å². The van der Waals surface area contributed by atoms with Gasteiger partial charge < -0.3 is 14.5 Å². The maximum Gasteiger partial charge on any atom is 0.162 e. The van der Waals surface area contributed by atoms with Crippen LogP contribution >= 0.6 is 0 Å². The summed E-state index contributed by atoms with van der Waals surface area (Å²) in [6.07, 6.45) is 2.79. The van der Waals surface area contributed by atoms with Crippen LogP contribution in [0.4, 0.5) is 0 Å². The third-order valence-corrected chi connectivity index (χ3v) is 3.23. The minimum Gasteiger partial charge on any atom is -0.493 e. The SMILES string of the molecule is CCCn1ncc(OC)c1C(NCC)c1ccc(C)o1. The highest BCUT2D eigenvalue weighted by molar-refractivity contribution is 5.33. The Labute approximate surface area is 119 Å². The molecule has 0 aliphatic heterocycles. The van der Waals surface area contributed by atoms with Crippen LogP contribution in [-0.2, 0) is 6.54 Å². The van der Waals surface area contributed by atoms with E-state index in [2.05, 4.69) is 24.3 Å².